The Morgan fingerprint density at radius 1 is 1.38 bits per heavy atom. The van der Waals surface area contributed by atoms with Gasteiger partial charge in [0.15, 0.2) is 27.3 Å². The van der Waals surface area contributed by atoms with Crippen molar-refractivity contribution >= 4 is 45.4 Å². The third kappa shape index (κ3) is 2.66. The molecule has 0 bridgehead atoms. The van der Waals surface area contributed by atoms with E-state index < -0.39 is 24.5 Å². The molecule has 2 aliphatic rings. The summed E-state index contributed by atoms with van der Waals surface area (Å²) in [4.78, 5) is 24.7. The maximum atomic E-state index is 12.3. The minimum absolute atomic E-state index is 0.181. The van der Waals surface area contributed by atoms with E-state index >= 15 is 0 Å². The van der Waals surface area contributed by atoms with Gasteiger partial charge < -0.3 is 20.7 Å². The summed E-state index contributed by atoms with van der Waals surface area (Å²) >= 11 is 1.92. The van der Waals surface area contributed by atoms with Gasteiger partial charge in [0.05, 0.1) is 6.33 Å². The Morgan fingerprint density at radius 2 is 2.12 bits per heavy atom. The lowest BCUT2D eigenvalue weighted by atomic mass is 10.0. The Kier molecular flexibility index (Phi) is 3.94. The second kappa shape index (κ2) is 5.86. The smallest absolute Gasteiger partial charge is 0.194 e. The second-order valence-corrected chi connectivity index (χ2v) is 7.21. The van der Waals surface area contributed by atoms with E-state index in [2.05, 4.69) is 15.0 Å². The highest BCUT2D eigenvalue weighted by Gasteiger charge is 2.48. The molecule has 10 heteroatoms. The van der Waals surface area contributed by atoms with Gasteiger partial charge in [-0.2, -0.15) is 0 Å². The summed E-state index contributed by atoms with van der Waals surface area (Å²) in [6.45, 7) is 0. The van der Waals surface area contributed by atoms with E-state index in [1.54, 1.807) is 0 Å². The van der Waals surface area contributed by atoms with E-state index in [0.717, 1.165) is 12.8 Å². The Bertz CT molecular complexity index is 808. The van der Waals surface area contributed by atoms with Gasteiger partial charge in [0.1, 0.15) is 23.8 Å². The molecule has 2 aromatic heterocycles. The van der Waals surface area contributed by atoms with Gasteiger partial charge in [-0.1, -0.05) is 0 Å². The van der Waals surface area contributed by atoms with Crippen molar-refractivity contribution in [2.24, 2.45) is 5.92 Å². The van der Waals surface area contributed by atoms with Crippen molar-refractivity contribution < 1.29 is 19.7 Å². The Balaban J connectivity index is 1.65. The van der Waals surface area contributed by atoms with E-state index in [0.29, 0.717) is 27.3 Å². The topological polar surface area (TPSA) is 136 Å². The van der Waals surface area contributed by atoms with Crippen LogP contribution in [0.1, 0.15) is 25.5 Å². The van der Waals surface area contributed by atoms with E-state index in [1.807, 2.05) is 22.6 Å². The number of imidazole rings is 1. The van der Waals surface area contributed by atoms with Crippen LogP contribution in [0.5, 0.6) is 0 Å². The molecule has 0 spiro atoms. The summed E-state index contributed by atoms with van der Waals surface area (Å²) in [5.41, 5.74) is 6.60. The number of ether oxygens (including phenoxy) is 1. The molecule has 3 heterocycles. The highest BCUT2D eigenvalue weighted by atomic mass is 127. The average Bonchev–Trinajstić information content (AvgIpc) is 3.16. The molecule has 4 unspecified atom stereocenters. The number of hydrogen-bond donors (Lipinski definition) is 3. The predicted octanol–water partition coefficient (Wildman–Crippen LogP) is 0.00150. The highest BCUT2D eigenvalue weighted by Crippen LogP contribution is 2.37. The number of aromatic nitrogens is 4. The average molecular weight is 445 g/mol. The number of rotatable bonds is 4. The molecule has 4 atom stereocenters. The molecule has 2 aromatic rings. The second-order valence-electron chi connectivity index (χ2n) is 6.24. The van der Waals surface area contributed by atoms with Crippen LogP contribution in [0.25, 0.3) is 11.2 Å². The Labute approximate surface area is 150 Å². The lowest BCUT2D eigenvalue weighted by molar-refractivity contribution is -0.135. The van der Waals surface area contributed by atoms with Gasteiger partial charge in [-0.3, -0.25) is 9.36 Å². The number of carbonyl (C=O) groups excluding carboxylic acids is 1. The zero-order valence-corrected chi connectivity index (χ0v) is 14.7. The highest BCUT2D eigenvalue weighted by molar-refractivity contribution is 14.1. The number of nitrogens with zero attached hydrogens (tertiary/aromatic N) is 4. The van der Waals surface area contributed by atoms with Gasteiger partial charge in [-0.15, -0.1) is 0 Å². The molecular formula is C14H16IN5O4. The molecule has 9 nitrogen and oxygen atoms in total. The van der Waals surface area contributed by atoms with Crippen LogP contribution in [0, 0.1) is 9.75 Å². The zero-order chi connectivity index (χ0) is 17.0. The molecule has 1 aliphatic heterocycles. The number of halogens is 1. The Hall–Kier alpha value is -1.37. The van der Waals surface area contributed by atoms with Crippen molar-refractivity contribution in [3.05, 3.63) is 10.2 Å². The van der Waals surface area contributed by atoms with Gasteiger partial charge in [0, 0.05) is 29.0 Å². The van der Waals surface area contributed by atoms with E-state index in [9.17, 15) is 15.0 Å². The minimum atomic E-state index is -1.28. The van der Waals surface area contributed by atoms with E-state index in [1.165, 1.54) is 10.9 Å². The summed E-state index contributed by atoms with van der Waals surface area (Å²) in [5, 5.41) is 20.6. The summed E-state index contributed by atoms with van der Waals surface area (Å²) < 4.78 is 7.58. The van der Waals surface area contributed by atoms with Crippen LogP contribution in [0.4, 0.5) is 5.82 Å². The van der Waals surface area contributed by atoms with Crippen LogP contribution < -0.4 is 5.73 Å². The first-order valence-corrected chi connectivity index (χ1v) is 8.73. The van der Waals surface area contributed by atoms with Gasteiger partial charge in [-0.25, -0.2) is 15.0 Å². The summed E-state index contributed by atoms with van der Waals surface area (Å²) in [7, 11) is 0. The molecular weight excluding hydrogens is 429 g/mol. The van der Waals surface area contributed by atoms with Gasteiger partial charge in [0.2, 0.25) is 0 Å². The maximum Gasteiger partial charge on any atom is 0.194 e. The van der Waals surface area contributed by atoms with E-state index in [4.69, 9.17) is 10.5 Å². The summed E-state index contributed by atoms with van der Waals surface area (Å²) in [6.07, 6.45) is -0.687. The molecule has 1 saturated heterocycles. The quantitative estimate of drug-likeness (QED) is 0.442. The predicted molar refractivity (Wildman–Crippen MR) is 90.7 cm³/mol. The number of anilines is 1. The Morgan fingerprint density at radius 3 is 2.83 bits per heavy atom. The van der Waals surface area contributed by atoms with Gasteiger partial charge in [-0.05, 0) is 18.8 Å². The van der Waals surface area contributed by atoms with Crippen LogP contribution in [-0.4, -0.2) is 53.8 Å². The number of nitrogen functional groups attached to an aromatic ring is 1. The lowest BCUT2D eigenvalue weighted by Gasteiger charge is -2.16. The number of ketones is 1. The van der Waals surface area contributed by atoms with Crippen LogP contribution in [-0.2, 0) is 9.53 Å². The fraction of sp³-hybridized carbons (Fsp3) is 0.571. The molecule has 128 valence electrons. The van der Waals surface area contributed by atoms with Crippen molar-refractivity contribution in [3.63, 3.8) is 0 Å². The number of fused-ring (bicyclic) bond motifs is 1. The number of aliphatic hydroxyl groups is 2. The van der Waals surface area contributed by atoms with Crippen molar-refractivity contribution in [1.82, 2.24) is 19.5 Å². The minimum Gasteiger partial charge on any atom is -0.387 e. The van der Waals surface area contributed by atoms with Gasteiger partial charge >= 0.3 is 0 Å². The summed E-state index contributed by atoms with van der Waals surface area (Å²) in [5.74, 6) is 0.421. The number of carbonyl (C=O) groups is 1. The van der Waals surface area contributed by atoms with Crippen LogP contribution in [0.15, 0.2) is 6.33 Å². The third-order valence-electron chi connectivity index (χ3n) is 4.44. The van der Waals surface area contributed by atoms with E-state index in [-0.39, 0.29) is 11.6 Å². The fourth-order valence-electron chi connectivity index (χ4n) is 2.98. The molecule has 4 N–H and O–H groups in total. The van der Waals surface area contributed by atoms with Gasteiger partial charge in [0.25, 0.3) is 0 Å². The van der Waals surface area contributed by atoms with Crippen molar-refractivity contribution in [2.75, 3.05) is 5.73 Å². The molecule has 0 aromatic carbocycles. The molecule has 1 saturated carbocycles. The SMILES string of the molecule is Nc1nc(I)nc2c1ncn2C1OC(C(=O)CC2CC2)C(O)C1O. The first-order chi connectivity index (χ1) is 11.5. The van der Waals surface area contributed by atoms with Crippen LogP contribution >= 0.6 is 22.6 Å². The standard InChI is InChI=1S/C14H16IN5O4/c15-14-18-11(16)7-12(19-14)20(4-17-7)13-9(23)8(22)10(24-13)6(21)3-5-1-2-5/h4-5,8-10,13,22-23H,1-3H2,(H2,16,18,19). The first kappa shape index (κ1) is 16.1. The third-order valence-corrected chi connectivity index (χ3v) is 4.92. The first-order valence-electron chi connectivity index (χ1n) is 7.65. The molecule has 1 aliphatic carbocycles. The summed E-state index contributed by atoms with van der Waals surface area (Å²) in [6, 6.07) is 0. The van der Waals surface area contributed by atoms with Crippen molar-refractivity contribution in [2.45, 2.75) is 43.8 Å². The molecule has 2 fully saturated rings. The molecule has 0 amide bonds. The number of nitrogens with two attached hydrogens (primary N) is 1. The maximum absolute atomic E-state index is 12.3. The monoisotopic (exact) mass is 445 g/mol. The fourth-order valence-corrected chi connectivity index (χ4v) is 3.46. The number of aliphatic hydroxyl groups excluding tert-OH is 2. The normalized spacial score (nSPS) is 30.1. The largest absolute Gasteiger partial charge is 0.387 e. The molecule has 24 heavy (non-hydrogen) atoms. The lowest BCUT2D eigenvalue weighted by Crippen LogP contribution is -2.36. The zero-order valence-electron chi connectivity index (χ0n) is 12.5. The molecule has 4 rings (SSSR count). The number of hydrogen-bond acceptors (Lipinski definition) is 8. The van der Waals surface area contributed by atoms with Crippen LogP contribution in [0.3, 0.4) is 0 Å². The van der Waals surface area contributed by atoms with Crippen molar-refractivity contribution in [3.8, 4) is 0 Å². The van der Waals surface area contributed by atoms with Crippen LogP contribution in [0.2, 0.25) is 0 Å². The number of Topliss-reactive ketones (excluding diaryl/α,β-unsaturated/α-hetero) is 1. The molecule has 0 radical (unpaired) electrons. The van der Waals surface area contributed by atoms with Crippen molar-refractivity contribution in [1.29, 1.82) is 0 Å².